The van der Waals surface area contributed by atoms with Gasteiger partial charge in [0.1, 0.15) is 5.92 Å². The van der Waals surface area contributed by atoms with Crippen molar-refractivity contribution in [2.24, 2.45) is 0 Å². The minimum atomic E-state index is -0.855. The quantitative estimate of drug-likeness (QED) is 0.854. The average Bonchev–Trinajstić information content (AvgIpc) is 2.29. The highest BCUT2D eigenvalue weighted by Gasteiger charge is 2.19. The van der Waals surface area contributed by atoms with Gasteiger partial charge in [0.25, 0.3) is 0 Å². The number of hydrogen-bond donors (Lipinski definition) is 1. The van der Waals surface area contributed by atoms with Crippen LogP contribution >= 0.6 is 0 Å². The molecule has 0 aliphatic heterocycles. The Bertz CT molecular complexity index is 525. The van der Waals surface area contributed by atoms with Crippen molar-refractivity contribution in [1.82, 2.24) is 9.97 Å². The first kappa shape index (κ1) is 10.5. The lowest BCUT2D eigenvalue weighted by Gasteiger charge is -2.08. The van der Waals surface area contributed by atoms with Crippen LogP contribution in [0, 0.1) is 0 Å². The predicted octanol–water partition coefficient (Wildman–Crippen LogP) is 2.21. The summed E-state index contributed by atoms with van der Waals surface area (Å²) < 4.78 is 0. The van der Waals surface area contributed by atoms with Gasteiger partial charge in [-0.2, -0.15) is 0 Å². The SMILES string of the molecule is CCC(C(=O)O)c1cnc2ccccc2n1. The summed E-state index contributed by atoms with van der Waals surface area (Å²) in [7, 11) is 0. The second-order valence-corrected chi connectivity index (χ2v) is 3.58. The first-order valence-electron chi connectivity index (χ1n) is 5.17. The van der Waals surface area contributed by atoms with Gasteiger partial charge in [-0.1, -0.05) is 19.1 Å². The van der Waals surface area contributed by atoms with Crippen LogP contribution in [-0.4, -0.2) is 21.0 Å². The van der Waals surface area contributed by atoms with Gasteiger partial charge in [-0.15, -0.1) is 0 Å². The Hall–Kier alpha value is -1.97. The lowest BCUT2D eigenvalue weighted by Crippen LogP contribution is -2.12. The van der Waals surface area contributed by atoms with Crippen molar-refractivity contribution >= 4 is 17.0 Å². The Morgan fingerprint density at radius 3 is 2.69 bits per heavy atom. The second kappa shape index (κ2) is 4.26. The highest BCUT2D eigenvalue weighted by molar-refractivity contribution is 5.78. The van der Waals surface area contributed by atoms with E-state index < -0.39 is 11.9 Å². The standard InChI is InChI=1S/C12H12N2O2/c1-2-8(12(15)16)11-7-13-9-5-3-4-6-10(9)14-11/h3-8H,2H2,1H3,(H,15,16). The van der Waals surface area contributed by atoms with Crippen LogP contribution in [0.3, 0.4) is 0 Å². The summed E-state index contributed by atoms with van der Waals surface area (Å²) in [6.45, 7) is 1.83. The number of carboxylic acid groups (broad SMARTS) is 1. The zero-order chi connectivity index (χ0) is 11.5. The molecule has 1 atom stereocenters. The lowest BCUT2D eigenvalue weighted by molar-refractivity contribution is -0.138. The van der Waals surface area contributed by atoms with Crippen LogP contribution in [0.4, 0.5) is 0 Å². The molecular weight excluding hydrogens is 204 g/mol. The number of fused-ring (bicyclic) bond motifs is 1. The van der Waals surface area contributed by atoms with E-state index in [1.165, 1.54) is 0 Å². The van der Waals surface area contributed by atoms with Gasteiger partial charge in [0.15, 0.2) is 0 Å². The van der Waals surface area contributed by atoms with E-state index in [2.05, 4.69) is 9.97 Å². The van der Waals surface area contributed by atoms with Crippen LogP contribution < -0.4 is 0 Å². The zero-order valence-corrected chi connectivity index (χ0v) is 8.92. The number of nitrogens with zero attached hydrogens (tertiary/aromatic N) is 2. The van der Waals surface area contributed by atoms with Gasteiger partial charge in [-0.05, 0) is 18.6 Å². The Morgan fingerprint density at radius 1 is 1.38 bits per heavy atom. The number of aromatic nitrogens is 2. The number of rotatable bonds is 3. The molecule has 4 heteroatoms. The van der Waals surface area contributed by atoms with Gasteiger partial charge in [0, 0.05) is 0 Å². The van der Waals surface area contributed by atoms with Crippen LogP contribution in [0.5, 0.6) is 0 Å². The van der Waals surface area contributed by atoms with Crippen molar-refractivity contribution in [2.75, 3.05) is 0 Å². The fourth-order valence-corrected chi connectivity index (χ4v) is 1.65. The smallest absolute Gasteiger partial charge is 0.312 e. The molecule has 0 aliphatic carbocycles. The minimum Gasteiger partial charge on any atom is -0.481 e. The molecule has 16 heavy (non-hydrogen) atoms. The first-order valence-corrected chi connectivity index (χ1v) is 5.17. The third kappa shape index (κ3) is 1.86. The largest absolute Gasteiger partial charge is 0.481 e. The molecule has 4 nitrogen and oxygen atoms in total. The van der Waals surface area contributed by atoms with Gasteiger partial charge in [-0.3, -0.25) is 9.78 Å². The fraction of sp³-hybridized carbons (Fsp3) is 0.250. The van der Waals surface area contributed by atoms with Crippen molar-refractivity contribution in [2.45, 2.75) is 19.3 Å². The summed E-state index contributed by atoms with van der Waals surface area (Å²) in [4.78, 5) is 19.5. The molecule has 1 heterocycles. The molecule has 82 valence electrons. The normalized spacial score (nSPS) is 12.6. The maximum Gasteiger partial charge on any atom is 0.312 e. The molecule has 0 bridgehead atoms. The number of hydrogen-bond acceptors (Lipinski definition) is 3. The average molecular weight is 216 g/mol. The second-order valence-electron chi connectivity index (χ2n) is 3.58. The molecule has 1 aromatic heterocycles. The van der Waals surface area contributed by atoms with Gasteiger partial charge in [-0.25, -0.2) is 4.98 Å². The van der Waals surface area contributed by atoms with Gasteiger partial charge >= 0.3 is 5.97 Å². The third-order valence-electron chi connectivity index (χ3n) is 2.53. The molecule has 2 aromatic rings. The predicted molar refractivity (Wildman–Crippen MR) is 60.2 cm³/mol. The van der Waals surface area contributed by atoms with Crippen LogP contribution in [0.1, 0.15) is 25.0 Å². The first-order chi connectivity index (χ1) is 7.72. The van der Waals surface area contributed by atoms with E-state index in [1.807, 2.05) is 31.2 Å². The Kier molecular flexibility index (Phi) is 2.81. The van der Waals surface area contributed by atoms with E-state index in [0.717, 1.165) is 11.0 Å². The molecule has 0 radical (unpaired) electrons. The Labute approximate surface area is 93.0 Å². The summed E-state index contributed by atoms with van der Waals surface area (Å²) in [6, 6.07) is 7.43. The molecule has 0 saturated heterocycles. The molecule has 2 rings (SSSR count). The van der Waals surface area contributed by atoms with E-state index in [0.29, 0.717) is 12.1 Å². The van der Waals surface area contributed by atoms with Crippen molar-refractivity contribution < 1.29 is 9.90 Å². The van der Waals surface area contributed by atoms with E-state index in [9.17, 15) is 4.79 Å². The maximum absolute atomic E-state index is 11.0. The molecule has 1 aromatic carbocycles. The minimum absolute atomic E-state index is 0.516. The van der Waals surface area contributed by atoms with E-state index in [1.54, 1.807) is 6.20 Å². The molecule has 0 saturated carbocycles. The van der Waals surface area contributed by atoms with Gasteiger partial charge in [0.05, 0.1) is 22.9 Å². The number of aliphatic carboxylic acids is 1. The van der Waals surface area contributed by atoms with Crippen molar-refractivity contribution in [3.63, 3.8) is 0 Å². The molecule has 1 unspecified atom stereocenters. The van der Waals surface area contributed by atoms with Gasteiger partial charge < -0.3 is 5.11 Å². The number of benzene rings is 1. The van der Waals surface area contributed by atoms with Crippen molar-refractivity contribution in [1.29, 1.82) is 0 Å². The topological polar surface area (TPSA) is 63.1 Å². The third-order valence-corrected chi connectivity index (χ3v) is 2.53. The summed E-state index contributed by atoms with van der Waals surface area (Å²) in [5.41, 5.74) is 2.04. The maximum atomic E-state index is 11.0. The summed E-state index contributed by atoms with van der Waals surface area (Å²) in [5, 5.41) is 9.03. The molecule has 0 amide bonds. The van der Waals surface area contributed by atoms with Crippen LogP contribution in [-0.2, 0) is 4.79 Å². The number of carboxylic acids is 1. The monoisotopic (exact) mass is 216 g/mol. The molecule has 0 aliphatic rings. The Balaban J connectivity index is 2.49. The highest BCUT2D eigenvalue weighted by atomic mass is 16.4. The number of para-hydroxylation sites is 2. The van der Waals surface area contributed by atoms with Crippen molar-refractivity contribution in [3.8, 4) is 0 Å². The van der Waals surface area contributed by atoms with E-state index in [4.69, 9.17) is 5.11 Å². The molecule has 0 fully saturated rings. The molecule has 1 N–H and O–H groups in total. The van der Waals surface area contributed by atoms with Gasteiger partial charge in [0.2, 0.25) is 0 Å². The van der Waals surface area contributed by atoms with E-state index >= 15 is 0 Å². The Morgan fingerprint density at radius 2 is 2.06 bits per heavy atom. The highest BCUT2D eigenvalue weighted by Crippen LogP contribution is 2.19. The lowest BCUT2D eigenvalue weighted by atomic mass is 10.0. The summed E-state index contributed by atoms with van der Waals surface area (Å²) in [5.74, 6) is -1.43. The van der Waals surface area contributed by atoms with Crippen LogP contribution in [0.25, 0.3) is 11.0 Å². The van der Waals surface area contributed by atoms with Crippen LogP contribution in [0.15, 0.2) is 30.5 Å². The molecular formula is C12H12N2O2. The van der Waals surface area contributed by atoms with Crippen molar-refractivity contribution in [3.05, 3.63) is 36.2 Å². The summed E-state index contributed by atoms with van der Waals surface area (Å²) >= 11 is 0. The van der Waals surface area contributed by atoms with Crippen LogP contribution in [0.2, 0.25) is 0 Å². The molecule has 0 spiro atoms. The number of carbonyl (C=O) groups is 1. The summed E-state index contributed by atoms with van der Waals surface area (Å²) in [6.07, 6.45) is 2.06. The fourth-order valence-electron chi connectivity index (χ4n) is 1.65. The van der Waals surface area contributed by atoms with E-state index in [-0.39, 0.29) is 0 Å². The zero-order valence-electron chi connectivity index (χ0n) is 8.92.